The van der Waals surface area contributed by atoms with E-state index in [9.17, 15) is 18.0 Å². The SMILES string of the molecule is CC(C)n1cc(-c2ccc(OC(F)(F)F)cc2)c2c(N)nc(Nc3ccc(C(=O)N4CCNCC4)cc3F)nc21. The molecule has 1 amide bonds. The van der Waals surface area contributed by atoms with E-state index in [1.807, 2.05) is 18.4 Å². The van der Waals surface area contributed by atoms with E-state index in [4.69, 9.17) is 5.73 Å². The molecule has 9 nitrogen and oxygen atoms in total. The van der Waals surface area contributed by atoms with Crippen LogP contribution in [0.15, 0.2) is 48.7 Å². The van der Waals surface area contributed by atoms with Crippen LogP contribution >= 0.6 is 0 Å². The predicted molar refractivity (Wildman–Crippen MR) is 143 cm³/mol. The van der Waals surface area contributed by atoms with Crippen LogP contribution in [0.5, 0.6) is 5.75 Å². The van der Waals surface area contributed by atoms with Crippen molar-refractivity contribution in [3.05, 3.63) is 60.0 Å². The Morgan fingerprint density at radius 3 is 2.42 bits per heavy atom. The van der Waals surface area contributed by atoms with E-state index in [1.165, 1.54) is 36.4 Å². The lowest BCUT2D eigenvalue weighted by atomic mass is 10.1. The number of aromatic nitrogens is 3. The molecular formula is C27H27F4N7O2. The topological polar surface area (TPSA) is 110 Å². The number of piperazine rings is 1. The van der Waals surface area contributed by atoms with E-state index in [-0.39, 0.29) is 40.7 Å². The number of carbonyl (C=O) groups is 1. The molecule has 4 aromatic rings. The number of nitrogen functional groups attached to an aromatic ring is 1. The van der Waals surface area contributed by atoms with E-state index in [0.717, 1.165) is 0 Å². The first kappa shape index (κ1) is 27.2. The summed E-state index contributed by atoms with van der Waals surface area (Å²) in [4.78, 5) is 23.3. The number of ether oxygens (including phenoxy) is 1. The Hall–Kier alpha value is -4.39. The smallest absolute Gasteiger partial charge is 0.406 e. The number of nitrogens with two attached hydrogens (primary N) is 1. The number of anilines is 3. The molecule has 0 atom stereocenters. The standard InChI is InChI=1S/C27H27F4N7O2/c1-15(2)38-14-19(16-3-6-18(7-4-16)40-27(29,30)31)22-23(32)35-26(36-24(22)38)34-21-8-5-17(13-20(21)28)25(39)37-11-9-33-10-12-37/h3-8,13-15,33H,9-12H2,1-2H3,(H3,32,34,35,36). The quantitative estimate of drug-likeness (QED) is 0.284. The lowest BCUT2D eigenvalue weighted by Gasteiger charge is -2.27. The normalized spacial score (nSPS) is 14.1. The molecule has 1 saturated heterocycles. The molecule has 0 radical (unpaired) electrons. The maximum atomic E-state index is 15.0. The fraction of sp³-hybridized carbons (Fsp3) is 0.296. The van der Waals surface area contributed by atoms with Gasteiger partial charge in [0.15, 0.2) is 0 Å². The van der Waals surface area contributed by atoms with E-state index < -0.39 is 12.2 Å². The van der Waals surface area contributed by atoms with Gasteiger partial charge in [-0.25, -0.2) is 4.39 Å². The molecule has 0 spiro atoms. The number of nitrogens with one attached hydrogen (secondary N) is 2. The number of nitrogens with zero attached hydrogens (tertiary/aromatic N) is 4. The van der Waals surface area contributed by atoms with E-state index in [1.54, 1.807) is 17.2 Å². The van der Waals surface area contributed by atoms with Crippen molar-refractivity contribution in [3.8, 4) is 16.9 Å². The molecule has 1 aliphatic heterocycles. The fourth-order valence-electron chi connectivity index (χ4n) is 4.60. The summed E-state index contributed by atoms with van der Waals surface area (Å²) in [5, 5.41) is 6.52. The van der Waals surface area contributed by atoms with Gasteiger partial charge in [0.05, 0.1) is 11.1 Å². The van der Waals surface area contributed by atoms with Crippen LogP contribution in [0.1, 0.15) is 30.2 Å². The maximum Gasteiger partial charge on any atom is 0.573 e. The zero-order chi connectivity index (χ0) is 28.6. The monoisotopic (exact) mass is 557 g/mol. The molecule has 0 bridgehead atoms. The van der Waals surface area contributed by atoms with Gasteiger partial charge in [-0.15, -0.1) is 13.2 Å². The molecule has 210 valence electrons. The highest BCUT2D eigenvalue weighted by Gasteiger charge is 2.31. The van der Waals surface area contributed by atoms with Crippen LogP contribution in [0.25, 0.3) is 22.2 Å². The number of rotatable bonds is 6. The molecule has 0 aliphatic carbocycles. The van der Waals surface area contributed by atoms with Crippen LogP contribution in [0.4, 0.5) is 35.0 Å². The van der Waals surface area contributed by atoms with E-state index in [2.05, 4.69) is 25.3 Å². The average Bonchev–Trinajstić information content (AvgIpc) is 3.30. The third-order valence-electron chi connectivity index (χ3n) is 6.52. The summed E-state index contributed by atoms with van der Waals surface area (Å²) < 4.78 is 58.5. The van der Waals surface area contributed by atoms with E-state index in [0.29, 0.717) is 48.3 Å². The molecule has 2 aromatic carbocycles. The van der Waals surface area contributed by atoms with E-state index >= 15 is 4.39 Å². The number of hydrogen-bond donors (Lipinski definition) is 3. The van der Waals surface area contributed by atoms with Crippen LogP contribution < -0.4 is 21.1 Å². The molecule has 3 heterocycles. The van der Waals surface area contributed by atoms with Gasteiger partial charge in [-0.1, -0.05) is 12.1 Å². The fourth-order valence-corrected chi connectivity index (χ4v) is 4.60. The number of hydrogen-bond acceptors (Lipinski definition) is 7. The number of fused-ring (bicyclic) bond motifs is 1. The van der Waals surface area contributed by atoms with Crippen LogP contribution in [0.2, 0.25) is 0 Å². The summed E-state index contributed by atoms with van der Waals surface area (Å²) in [6.45, 7) is 6.35. The summed E-state index contributed by atoms with van der Waals surface area (Å²) >= 11 is 0. The van der Waals surface area contributed by atoms with Gasteiger partial charge in [0.1, 0.15) is 23.0 Å². The summed E-state index contributed by atoms with van der Waals surface area (Å²) in [6, 6.07) is 9.52. The largest absolute Gasteiger partial charge is 0.573 e. The first-order chi connectivity index (χ1) is 19.0. The lowest BCUT2D eigenvalue weighted by Crippen LogP contribution is -2.46. The molecule has 0 saturated carbocycles. The highest BCUT2D eigenvalue weighted by atomic mass is 19.4. The molecule has 5 rings (SSSR count). The van der Waals surface area contributed by atoms with Gasteiger partial charge in [0, 0.05) is 49.5 Å². The molecular weight excluding hydrogens is 530 g/mol. The second-order valence-corrected chi connectivity index (χ2v) is 9.61. The zero-order valence-corrected chi connectivity index (χ0v) is 21.7. The Balaban J connectivity index is 1.45. The molecule has 40 heavy (non-hydrogen) atoms. The number of halogens is 4. The van der Waals surface area contributed by atoms with Crippen molar-refractivity contribution in [2.24, 2.45) is 0 Å². The van der Waals surface area contributed by atoms with Crippen LogP contribution in [-0.2, 0) is 0 Å². The maximum absolute atomic E-state index is 15.0. The molecule has 1 aliphatic rings. The van der Waals surface area contributed by atoms with Crippen molar-refractivity contribution < 1.29 is 27.1 Å². The van der Waals surface area contributed by atoms with Crippen LogP contribution in [0, 0.1) is 5.82 Å². The second-order valence-electron chi connectivity index (χ2n) is 9.61. The third kappa shape index (κ3) is 5.64. The van der Waals surface area contributed by atoms with Gasteiger partial charge >= 0.3 is 6.36 Å². The van der Waals surface area contributed by atoms with Gasteiger partial charge in [0.25, 0.3) is 5.91 Å². The van der Waals surface area contributed by atoms with Crippen LogP contribution in [0.3, 0.4) is 0 Å². The number of benzene rings is 2. The number of carbonyl (C=O) groups excluding carboxylic acids is 1. The Kier molecular flexibility index (Phi) is 7.23. The highest BCUT2D eigenvalue weighted by Crippen LogP contribution is 2.37. The molecule has 13 heteroatoms. The van der Waals surface area contributed by atoms with Crippen LogP contribution in [-0.4, -0.2) is 57.9 Å². The number of alkyl halides is 3. The van der Waals surface area contributed by atoms with Crippen molar-refractivity contribution >= 4 is 34.4 Å². The van der Waals surface area contributed by atoms with Gasteiger partial charge in [-0.3, -0.25) is 4.79 Å². The zero-order valence-electron chi connectivity index (χ0n) is 21.7. The van der Waals surface area contributed by atoms with Gasteiger partial charge < -0.3 is 30.6 Å². The Morgan fingerprint density at radius 1 is 1.10 bits per heavy atom. The van der Waals surface area contributed by atoms with Crippen molar-refractivity contribution in [1.82, 2.24) is 24.8 Å². The highest BCUT2D eigenvalue weighted by molar-refractivity contribution is 6.01. The summed E-state index contributed by atoms with van der Waals surface area (Å²) in [7, 11) is 0. The minimum absolute atomic E-state index is 0.0468. The summed E-state index contributed by atoms with van der Waals surface area (Å²) in [6.07, 6.45) is -3.00. The van der Waals surface area contributed by atoms with Crippen molar-refractivity contribution in [2.75, 3.05) is 37.2 Å². The second kappa shape index (κ2) is 10.6. The van der Waals surface area contributed by atoms with Gasteiger partial charge in [-0.05, 0) is 49.7 Å². The van der Waals surface area contributed by atoms with Crippen molar-refractivity contribution in [3.63, 3.8) is 0 Å². The first-order valence-corrected chi connectivity index (χ1v) is 12.6. The summed E-state index contributed by atoms with van der Waals surface area (Å²) in [5.41, 5.74) is 8.31. The minimum Gasteiger partial charge on any atom is -0.406 e. The molecule has 1 fully saturated rings. The Morgan fingerprint density at radius 2 is 1.80 bits per heavy atom. The Bertz CT molecular complexity index is 1550. The predicted octanol–water partition coefficient (Wildman–Crippen LogP) is 5.09. The average molecular weight is 558 g/mol. The summed E-state index contributed by atoms with van der Waals surface area (Å²) in [5.74, 6) is -1.09. The van der Waals surface area contributed by atoms with Crippen molar-refractivity contribution in [1.29, 1.82) is 0 Å². The van der Waals surface area contributed by atoms with Gasteiger partial charge in [-0.2, -0.15) is 9.97 Å². The van der Waals surface area contributed by atoms with Gasteiger partial charge in [0.2, 0.25) is 5.95 Å². The molecule has 2 aromatic heterocycles. The first-order valence-electron chi connectivity index (χ1n) is 12.6. The molecule has 0 unspecified atom stereocenters. The van der Waals surface area contributed by atoms with Crippen molar-refractivity contribution in [2.45, 2.75) is 26.3 Å². The third-order valence-corrected chi connectivity index (χ3v) is 6.52. The lowest BCUT2D eigenvalue weighted by molar-refractivity contribution is -0.274. The number of amides is 1. The molecule has 4 N–H and O–H groups in total. The minimum atomic E-state index is -4.79. The Labute approximate surface area is 227 Å².